The van der Waals surface area contributed by atoms with E-state index in [1.54, 1.807) is 30.3 Å². The summed E-state index contributed by atoms with van der Waals surface area (Å²) in [5.74, 6) is 0. The number of anilines is 1. The van der Waals surface area contributed by atoms with Gasteiger partial charge >= 0.3 is 0 Å². The number of hydrogen-bond donors (Lipinski definition) is 2. The molecule has 1 aromatic carbocycles. The van der Waals surface area contributed by atoms with Gasteiger partial charge in [-0.05, 0) is 17.7 Å². The Kier molecular flexibility index (Phi) is 2.69. The van der Waals surface area contributed by atoms with E-state index < -0.39 is 10.2 Å². The van der Waals surface area contributed by atoms with E-state index in [0.717, 1.165) is 5.56 Å². The Balaban J connectivity index is 2.96. The highest BCUT2D eigenvalue weighted by Crippen LogP contribution is 2.11. The molecule has 0 unspecified atom stereocenters. The third-order valence-corrected chi connectivity index (χ3v) is 1.90. The van der Waals surface area contributed by atoms with Crippen LogP contribution in [0.1, 0.15) is 5.56 Å². The van der Waals surface area contributed by atoms with Crippen molar-refractivity contribution in [1.82, 2.24) is 0 Å². The van der Waals surface area contributed by atoms with Gasteiger partial charge in [0.15, 0.2) is 0 Å². The van der Waals surface area contributed by atoms with Crippen molar-refractivity contribution in [3.8, 4) is 0 Å². The molecular formula is C8H10N2O2S. The first-order valence-corrected chi connectivity index (χ1v) is 5.09. The van der Waals surface area contributed by atoms with Gasteiger partial charge in [0.1, 0.15) is 0 Å². The first kappa shape index (κ1) is 9.76. The SMILES string of the molecule is C=Cc1cccc(NS(N)(=O)=O)c1. The number of rotatable bonds is 3. The fourth-order valence-corrected chi connectivity index (χ4v) is 1.35. The normalized spacial score (nSPS) is 10.8. The minimum absolute atomic E-state index is 0.430. The van der Waals surface area contributed by atoms with E-state index in [9.17, 15) is 8.42 Å². The van der Waals surface area contributed by atoms with Gasteiger partial charge < -0.3 is 0 Å². The highest BCUT2D eigenvalue weighted by molar-refractivity contribution is 7.90. The van der Waals surface area contributed by atoms with Crippen molar-refractivity contribution in [2.45, 2.75) is 0 Å². The Bertz CT molecular complexity index is 412. The van der Waals surface area contributed by atoms with Crippen molar-refractivity contribution >= 4 is 22.0 Å². The lowest BCUT2D eigenvalue weighted by Gasteiger charge is -2.03. The monoisotopic (exact) mass is 198 g/mol. The Morgan fingerprint density at radius 3 is 2.69 bits per heavy atom. The third-order valence-electron chi connectivity index (χ3n) is 1.38. The summed E-state index contributed by atoms with van der Waals surface area (Å²) in [7, 11) is -3.69. The molecule has 1 aromatic rings. The van der Waals surface area contributed by atoms with Crippen LogP contribution in [0.15, 0.2) is 30.8 Å². The summed E-state index contributed by atoms with van der Waals surface area (Å²) in [5.41, 5.74) is 1.26. The molecule has 0 atom stereocenters. The second kappa shape index (κ2) is 3.59. The van der Waals surface area contributed by atoms with Gasteiger partial charge in [-0.2, -0.15) is 8.42 Å². The quantitative estimate of drug-likeness (QED) is 0.758. The van der Waals surface area contributed by atoms with Crippen LogP contribution in [-0.2, 0) is 10.2 Å². The predicted molar refractivity (Wildman–Crippen MR) is 53.3 cm³/mol. The van der Waals surface area contributed by atoms with Crippen LogP contribution in [-0.4, -0.2) is 8.42 Å². The van der Waals surface area contributed by atoms with Gasteiger partial charge in [-0.3, -0.25) is 4.72 Å². The molecule has 0 aliphatic heterocycles. The standard InChI is InChI=1S/C8H10N2O2S/c1-2-7-4-3-5-8(6-7)10-13(9,11)12/h2-6,10H,1H2,(H2,9,11,12). The fraction of sp³-hybridized carbons (Fsp3) is 0. The smallest absolute Gasteiger partial charge is 0.271 e. The average molecular weight is 198 g/mol. The van der Waals surface area contributed by atoms with E-state index in [1.807, 2.05) is 0 Å². The minimum Gasteiger partial charge on any atom is -0.271 e. The van der Waals surface area contributed by atoms with Crippen LogP contribution in [0.2, 0.25) is 0 Å². The molecule has 0 heterocycles. The molecule has 0 aliphatic carbocycles. The zero-order valence-corrected chi connectivity index (χ0v) is 7.71. The van der Waals surface area contributed by atoms with Crippen molar-refractivity contribution in [2.75, 3.05) is 4.72 Å². The lowest BCUT2D eigenvalue weighted by atomic mass is 10.2. The highest BCUT2D eigenvalue weighted by Gasteiger charge is 2.00. The molecule has 0 amide bonds. The second-order valence-electron chi connectivity index (χ2n) is 2.48. The van der Waals surface area contributed by atoms with E-state index in [4.69, 9.17) is 5.14 Å². The zero-order chi connectivity index (χ0) is 9.90. The largest absolute Gasteiger partial charge is 0.296 e. The van der Waals surface area contributed by atoms with Crippen LogP contribution < -0.4 is 9.86 Å². The molecule has 4 nitrogen and oxygen atoms in total. The van der Waals surface area contributed by atoms with Gasteiger partial charge in [0.25, 0.3) is 10.2 Å². The van der Waals surface area contributed by atoms with Gasteiger partial charge in [-0.1, -0.05) is 24.8 Å². The number of benzene rings is 1. The van der Waals surface area contributed by atoms with E-state index in [1.165, 1.54) is 0 Å². The third kappa shape index (κ3) is 3.27. The van der Waals surface area contributed by atoms with Crippen LogP contribution in [0, 0.1) is 0 Å². The molecule has 1 rings (SSSR count). The molecule has 0 aromatic heterocycles. The summed E-state index contributed by atoms with van der Waals surface area (Å²) in [6.45, 7) is 3.56. The van der Waals surface area contributed by atoms with Crippen LogP contribution in [0.5, 0.6) is 0 Å². The Hall–Kier alpha value is -1.33. The van der Waals surface area contributed by atoms with E-state index in [2.05, 4.69) is 11.3 Å². The maximum absolute atomic E-state index is 10.6. The van der Waals surface area contributed by atoms with Gasteiger partial charge in [-0.15, -0.1) is 0 Å². The van der Waals surface area contributed by atoms with Crippen molar-refractivity contribution in [3.05, 3.63) is 36.4 Å². The molecule has 0 radical (unpaired) electrons. The van der Waals surface area contributed by atoms with Gasteiger partial charge in [-0.25, -0.2) is 5.14 Å². The Labute approximate surface area is 77.3 Å². The van der Waals surface area contributed by atoms with E-state index in [0.29, 0.717) is 5.69 Å². The van der Waals surface area contributed by atoms with Crippen molar-refractivity contribution < 1.29 is 8.42 Å². The Morgan fingerprint density at radius 2 is 2.15 bits per heavy atom. The van der Waals surface area contributed by atoms with E-state index >= 15 is 0 Å². The summed E-state index contributed by atoms with van der Waals surface area (Å²) >= 11 is 0. The lowest BCUT2D eigenvalue weighted by Crippen LogP contribution is -2.21. The molecule has 0 saturated carbocycles. The summed E-state index contributed by atoms with van der Waals surface area (Å²) in [5, 5.41) is 4.79. The van der Waals surface area contributed by atoms with Crippen molar-refractivity contribution in [1.29, 1.82) is 0 Å². The minimum atomic E-state index is -3.69. The molecule has 0 bridgehead atoms. The van der Waals surface area contributed by atoms with Gasteiger partial charge in [0.05, 0.1) is 5.69 Å². The molecule has 70 valence electrons. The van der Waals surface area contributed by atoms with Crippen molar-refractivity contribution in [3.63, 3.8) is 0 Å². The number of hydrogen-bond acceptors (Lipinski definition) is 2. The summed E-state index contributed by atoms with van der Waals surface area (Å²) in [6, 6.07) is 6.76. The molecule has 0 saturated heterocycles. The Morgan fingerprint density at radius 1 is 1.46 bits per heavy atom. The van der Waals surface area contributed by atoms with Gasteiger partial charge in [0, 0.05) is 0 Å². The molecule has 0 aliphatic rings. The second-order valence-corrected chi connectivity index (χ2v) is 3.77. The molecule has 0 spiro atoms. The van der Waals surface area contributed by atoms with E-state index in [-0.39, 0.29) is 0 Å². The van der Waals surface area contributed by atoms with Crippen LogP contribution >= 0.6 is 0 Å². The lowest BCUT2D eigenvalue weighted by molar-refractivity contribution is 0.603. The van der Waals surface area contributed by atoms with Gasteiger partial charge in [0.2, 0.25) is 0 Å². The van der Waals surface area contributed by atoms with Crippen LogP contribution in [0.3, 0.4) is 0 Å². The first-order chi connectivity index (χ1) is 6.01. The molecule has 13 heavy (non-hydrogen) atoms. The molecule has 0 fully saturated rings. The number of nitrogens with one attached hydrogen (secondary N) is 1. The maximum Gasteiger partial charge on any atom is 0.296 e. The average Bonchev–Trinajstić information content (AvgIpc) is 2.01. The van der Waals surface area contributed by atoms with Crippen LogP contribution in [0.25, 0.3) is 6.08 Å². The highest BCUT2D eigenvalue weighted by atomic mass is 32.2. The maximum atomic E-state index is 10.6. The summed E-state index contributed by atoms with van der Waals surface area (Å²) in [4.78, 5) is 0. The first-order valence-electron chi connectivity index (χ1n) is 3.54. The fourth-order valence-electron chi connectivity index (χ4n) is 0.893. The number of nitrogens with two attached hydrogens (primary N) is 1. The molecule has 5 heteroatoms. The zero-order valence-electron chi connectivity index (χ0n) is 6.90. The predicted octanol–water partition coefficient (Wildman–Crippen LogP) is 0.945. The molecular weight excluding hydrogens is 188 g/mol. The summed E-state index contributed by atoms with van der Waals surface area (Å²) < 4.78 is 23.4. The molecule has 3 N–H and O–H groups in total. The topological polar surface area (TPSA) is 72.2 Å². The van der Waals surface area contributed by atoms with Crippen molar-refractivity contribution in [2.24, 2.45) is 5.14 Å². The van der Waals surface area contributed by atoms with Crippen LogP contribution in [0.4, 0.5) is 5.69 Å². The summed E-state index contributed by atoms with van der Waals surface area (Å²) in [6.07, 6.45) is 1.62.